The van der Waals surface area contributed by atoms with Crippen molar-refractivity contribution in [3.05, 3.63) is 105 Å². The fourth-order valence-electron chi connectivity index (χ4n) is 4.70. The lowest BCUT2D eigenvalue weighted by molar-refractivity contribution is -0.119. The average Bonchev–Trinajstić information content (AvgIpc) is 2.93. The van der Waals surface area contributed by atoms with Gasteiger partial charge in [0.2, 0.25) is 0 Å². The van der Waals surface area contributed by atoms with Crippen LogP contribution in [-0.4, -0.2) is 29.3 Å². The number of rotatable bonds is 6. The second-order valence-electron chi connectivity index (χ2n) is 9.29. The zero-order valence-electron chi connectivity index (χ0n) is 21.1. The molecule has 196 valence electrons. The summed E-state index contributed by atoms with van der Waals surface area (Å²) in [7, 11) is 0. The molecule has 5 rings (SSSR count). The third kappa shape index (κ3) is 5.87. The Morgan fingerprint density at radius 2 is 1.74 bits per heavy atom. The molecule has 0 aliphatic heterocycles. The van der Waals surface area contributed by atoms with Gasteiger partial charge in [-0.25, -0.2) is 9.78 Å². The summed E-state index contributed by atoms with van der Waals surface area (Å²) in [5.74, 6) is -1.13. The maximum absolute atomic E-state index is 13.4. The molecule has 39 heavy (non-hydrogen) atoms. The van der Waals surface area contributed by atoms with Crippen LogP contribution in [0.4, 0.5) is 5.69 Å². The highest BCUT2D eigenvalue weighted by Gasteiger charge is 2.26. The van der Waals surface area contributed by atoms with Crippen molar-refractivity contribution in [1.82, 2.24) is 4.98 Å². The highest BCUT2D eigenvalue weighted by atomic mass is 35.5. The predicted octanol–water partition coefficient (Wildman–Crippen LogP) is 7.42. The minimum Gasteiger partial charge on any atom is -0.452 e. The van der Waals surface area contributed by atoms with Crippen molar-refractivity contribution >= 4 is 69.1 Å². The number of hydrogen-bond acceptors (Lipinski definition) is 5. The molecule has 8 heteroatoms. The Bertz CT molecular complexity index is 1640. The van der Waals surface area contributed by atoms with Gasteiger partial charge in [-0.05, 0) is 91.4 Å². The van der Waals surface area contributed by atoms with Gasteiger partial charge in [0.25, 0.3) is 5.91 Å². The van der Waals surface area contributed by atoms with Crippen molar-refractivity contribution in [1.29, 1.82) is 0 Å². The van der Waals surface area contributed by atoms with Crippen molar-refractivity contribution < 1.29 is 19.1 Å². The third-order valence-corrected chi connectivity index (χ3v) is 7.31. The number of aromatic nitrogens is 1. The second kappa shape index (κ2) is 11.4. The Balaban J connectivity index is 1.42. The molecule has 0 atom stereocenters. The lowest BCUT2D eigenvalue weighted by atomic mass is 9.86. The van der Waals surface area contributed by atoms with E-state index in [2.05, 4.69) is 5.32 Å². The van der Waals surface area contributed by atoms with Crippen molar-refractivity contribution in [3.63, 3.8) is 0 Å². The van der Waals surface area contributed by atoms with Crippen molar-refractivity contribution in [2.45, 2.75) is 26.2 Å². The molecule has 0 unspecified atom stereocenters. The SMILES string of the molecule is CC(=O)c1ccc(NC(=O)COC(=O)c2c3c(nc4ccccc24)/C(=C/c2ccc(Cl)c(Cl)c2)CCC3)cc1. The number of fused-ring (bicyclic) bond motifs is 2. The van der Waals surface area contributed by atoms with Crippen molar-refractivity contribution in [2.24, 2.45) is 0 Å². The minimum absolute atomic E-state index is 0.0651. The Hall–Kier alpha value is -4.00. The first kappa shape index (κ1) is 26.6. The number of pyridine rings is 1. The fraction of sp³-hybridized carbons (Fsp3) is 0.161. The Morgan fingerprint density at radius 1 is 0.974 bits per heavy atom. The summed E-state index contributed by atoms with van der Waals surface area (Å²) in [6.07, 6.45) is 4.29. The van der Waals surface area contributed by atoms with Crippen LogP contribution in [0, 0.1) is 0 Å². The number of nitrogens with zero attached hydrogens (tertiary/aromatic N) is 1. The second-order valence-corrected chi connectivity index (χ2v) is 10.1. The van der Waals surface area contributed by atoms with E-state index in [1.54, 1.807) is 36.4 Å². The number of benzene rings is 3. The normalized spacial score (nSPS) is 13.7. The molecule has 0 spiro atoms. The highest BCUT2D eigenvalue weighted by molar-refractivity contribution is 6.42. The highest BCUT2D eigenvalue weighted by Crippen LogP contribution is 2.37. The summed E-state index contributed by atoms with van der Waals surface area (Å²) in [6, 6.07) is 19.4. The van der Waals surface area contributed by atoms with Gasteiger partial charge in [0, 0.05) is 16.6 Å². The molecule has 1 amide bonds. The molecule has 1 heterocycles. The summed E-state index contributed by atoms with van der Waals surface area (Å²) in [5.41, 5.74) is 5.56. The summed E-state index contributed by atoms with van der Waals surface area (Å²) < 4.78 is 5.50. The number of carbonyl (C=O) groups excluding carboxylic acids is 3. The molecule has 1 N–H and O–H groups in total. The molecule has 0 saturated carbocycles. The van der Waals surface area contributed by atoms with E-state index in [0.717, 1.165) is 35.2 Å². The summed E-state index contributed by atoms with van der Waals surface area (Å²) in [6.45, 7) is 1.02. The van der Waals surface area contributed by atoms with Gasteiger partial charge in [0.15, 0.2) is 12.4 Å². The maximum atomic E-state index is 13.4. The molecular weight excluding hydrogens is 535 g/mol. The number of ether oxygens (including phenoxy) is 1. The van der Waals surface area contributed by atoms with E-state index in [4.69, 9.17) is 32.9 Å². The van der Waals surface area contributed by atoms with E-state index in [-0.39, 0.29) is 5.78 Å². The number of allylic oxidation sites excluding steroid dienone is 1. The van der Waals surface area contributed by atoms with E-state index in [1.165, 1.54) is 6.92 Å². The van der Waals surface area contributed by atoms with Crippen LogP contribution in [0.1, 0.15) is 57.3 Å². The van der Waals surface area contributed by atoms with Gasteiger partial charge in [-0.2, -0.15) is 0 Å². The predicted molar refractivity (Wildman–Crippen MR) is 154 cm³/mol. The number of carbonyl (C=O) groups is 3. The number of para-hydroxylation sites is 1. The molecule has 3 aromatic carbocycles. The fourth-order valence-corrected chi connectivity index (χ4v) is 5.01. The molecule has 0 saturated heterocycles. The zero-order chi connectivity index (χ0) is 27.5. The van der Waals surface area contributed by atoms with Crippen LogP contribution in [0.15, 0.2) is 66.7 Å². The van der Waals surface area contributed by atoms with E-state index in [0.29, 0.717) is 44.2 Å². The Kier molecular flexibility index (Phi) is 7.77. The molecule has 4 aromatic rings. The molecule has 6 nitrogen and oxygen atoms in total. The van der Waals surface area contributed by atoms with Gasteiger partial charge in [0.05, 0.1) is 26.8 Å². The maximum Gasteiger partial charge on any atom is 0.339 e. The topological polar surface area (TPSA) is 85.4 Å². The van der Waals surface area contributed by atoms with E-state index >= 15 is 0 Å². The van der Waals surface area contributed by atoms with Crippen LogP contribution < -0.4 is 5.32 Å². The standard InChI is InChI=1S/C31H24Cl2N2O4/c1-18(36)20-10-12-22(13-11-20)34-28(37)17-39-31(38)29-23-6-2-3-8-27(23)35-30-21(5-4-7-24(29)30)15-19-9-14-25(32)26(33)16-19/h2-3,6,8-16H,4-5,7,17H2,1H3,(H,34,37)/b21-15+. The monoisotopic (exact) mass is 558 g/mol. The quantitative estimate of drug-likeness (QED) is 0.196. The van der Waals surface area contributed by atoms with E-state index in [1.807, 2.05) is 36.4 Å². The minimum atomic E-state index is -0.581. The number of esters is 1. The Morgan fingerprint density at radius 3 is 2.49 bits per heavy atom. The van der Waals surface area contributed by atoms with Crippen LogP contribution >= 0.6 is 23.2 Å². The number of ketones is 1. The van der Waals surface area contributed by atoms with Crippen molar-refractivity contribution in [2.75, 3.05) is 11.9 Å². The third-order valence-electron chi connectivity index (χ3n) is 6.57. The van der Waals surface area contributed by atoms with Gasteiger partial charge in [-0.3, -0.25) is 9.59 Å². The number of Topliss-reactive ketones (excluding diaryl/α,β-unsaturated/α-hetero) is 1. The molecule has 0 radical (unpaired) electrons. The first-order valence-electron chi connectivity index (χ1n) is 12.5. The van der Waals surface area contributed by atoms with Crippen LogP contribution in [0.25, 0.3) is 22.6 Å². The first-order chi connectivity index (χ1) is 18.8. The molecule has 0 fully saturated rings. The van der Waals surface area contributed by atoms with Gasteiger partial charge in [0.1, 0.15) is 0 Å². The van der Waals surface area contributed by atoms with Crippen LogP contribution in [-0.2, 0) is 16.0 Å². The van der Waals surface area contributed by atoms with Crippen LogP contribution in [0.3, 0.4) is 0 Å². The first-order valence-corrected chi connectivity index (χ1v) is 13.2. The molecule has 1 aromatic heterocycles. The van der Waals surface area contributed by atoms with Gasteiger partial charge in [-0.15, -0.1) is 0 Å². The summed E-state index contributed by atoms with van der Waals surface area (Å²) >= 11 is 12.3. The lowest BCUT2D eigenvalue weighted by Crippen LogP contribution is -2.22. The number of halogens is 2. The average molecular weight is 559 g/mol. The lowest BCUT2D eigenvalue weighted by Gasteiger charge is -2.22. The smallest absolute Gasteiger partial charge is 0.339 e. The van der Waals surface area contributed by atoms with Gasteiger partial charge in [-0.1, -0.05) is 47.5 Å². The number of hydrogen-bond donors (Lipinski definition) is 1. The van der Waals surface area contributed by atoms with Gasteiger partial charge < -0.3 is 10.1 Å². The van der Waals surface area contributed by atoms with Gasteiger partial charge >= 0.3 is 5.97 Å². The van der Waals surface area contributed by atoms with Crippen LogP contribution in [0.5, 0.6) is 0 Å². The molecular formula is C31H24Cl2N2O4. The summed E-state index contributed by atoms with van der Waals surface area (Å²) in [5, 5.41) is 4.31. The number of nitrogens with one attached hydrogen (secondary N) is 1. The number of amides is 1. The van der Waals surface area contributed by atoms with E-state index in [9.17, 15) is 14.4 Å². The molecule has 1 aliphatic rings. The largest absolute Gasteiger partial charge is 0.452 e. The molecule has 0 bridgehead atoms. The van der Waals surface area contributed by atoms with Crippen molar-refractivity contribution in [3.8, 4) is 0 Å². The van der Waals surface area contributed by atoms with E-state index < -0.39 is 18.5 Å². The number of anilines is 1. The molecule has 1 aliphatic carbocycles. The van der Waals surface area contributed by atoms with Crippen LogP contribution in [0.2, 0.25) is 10.0 Å². The zero-order valence-corrected chi connectivity index (χ0v) is 22.6. The summed E-state index contributed by atoms with van der Waals surface area (Å²) in [4.78, 5) is 42.3. The Labute approximate surface area is 235 Å².